The first-order valence-corrected chi connectivity index (χ1v) is 7.26. The Hall–Kier alpha value is -2.58. The number of carboxylic acids is 1. The number of nitrogens with zero attached hydrogens (tertiary/aromatic N) is 1. The van der Waals surface area contributed by atoms with Gasteiger partial charge in [-0.25, -0.2) is 10.2 Å². The van der Waals surface area contributed by atoms with Crippen molar-refractivity contribution in [2.75, 3.05) is 11.9 Å². The molecule has 1 rings (SSSR count). The van der Waals surface area contributed by atoms with Crippen molar-refractivity contribution in [3.63, 3.8) is 0 Å². The fourth-order valence-corrected chi connectivity index (χ4v) is 1.52. The van der Waals surface area contributed by atoms with Gasteiger partial charge >= 0.3 is 17.8 Å². The second-order valence-corrected chi connectivity index (χ2v) is 4.86. The van der Waals surface area contributed by atoms with Crippen molar-refractivity contribution in [3.05, 3.63) is 34.3 Å². The van der Waals surface area contributed by atoms with Gasteiger partial charge in [0.05, 0.1) is 17.9 Å². The summed E-state index contributed by atoms with van der Waals surface area (Å²) in [6.45, 7) is 2.35. The molecule has 0 fully saturated rings. The van der Waals surface area contributed by atoms with Gasteiger partial charge in [-0.1, -0.05) is 23.2 Å². The number of anilines is 1. The number of carbonyl (C=O) groups excluding carboxylic acids is 2. The molecule has 0 atom stereocenters. The molecule has 0 aliphatic rings. The fourth-order valence-electron chi connectivity index (χ4n) is 1.35. The van der Waals surface area contributed by atoms with Crippen molar-refractivity contribution >= 4 is 52.9 Å². The highest BCUT2D eigenvalue weighted by atomic mass is 35.5. The second kappa shape index (κ2) is 9.53. The van der Waals surface area contributed by atoms with Crippen molar-refractivity contribution in [1.82, 2.24) is 5.43 Å². The van der Waals surface area contributed by atoms with E-state index in [1.165, 1.54) is 0 Å². The molecule has 10 heteroatoms. The summed E-state index contributed by atoms with van der Waals surface area (Å²) >= 11 is 10.9. The van der Waals surface area contributed by atoms with Gasteiger partial charge in [0.1, 0.15) is 10.8 Å². The average Bonchev–Trinajstić information content (AvgIpc) is 2.55. The Morgan fingerprint density at radius 2 is 1.83 bits per heavy atom. The highest BCUT2D eigenvalue weighted by molar-refractivity contribution is 6.51. The van der Waals surface area contributed by atoms with Crippen molar-refractivity contribution < 1.29 is 24.2 Å². The minimum absolute atomic E-state index is 0.384. The van der Waals surface area contributed by atoms with Gasteiger partial charge in [-0.15, -0.1) is 0 Å². The number of aliphatic carboxylic acids is 1. The predicted molar refractivity (Wildman–Crippen MR) is 89.2 cm³/mol. The van der Waals surface area contributed by atoms with E-state index in [9.17, 15) is 14.4 Å². The molecule has 0 saturated heterocycles. The van der Waals surface area contributed by atoms with Gasteiger partial charge in [0.15, 0.2) is 0 Å². The number of ether oxygens (including phenoxy) is 1. The van der Waals surface area contributed by atoms with Crippen molar-refractivity contribution in [1.29, 1.82) is 0 Å². The number of halogens is 2. The third kappa shape index (κ3) is 6.27. The lowest BCUT2D eigenvalue weighted by atomic mass is 10.3. The molecule has 1 aromatic rings. The van der Waals surface area contributed by atoms with Crippen LogP contribution in [0.2, 0.25) is 0 Å². The van der Waals surface area contributed by atoms with E-state index in [1.54, 1.807) is 24.3 Å². The van der Waals surface area contributed by atoms with Crippen LogP contribution in [0.1, 0.15) is 6.92 Å². The average molecular weight is 374 g/mol. The number of carbonyl (C=O) groups is 3. The molecule has 8 nitrogen and oxygen atoms in total. The molecule has 0 aliphatic heterocycles. The van der Waals surface area contributed by atoms with E-state index in [2.05, 4.69) is 10.4 Å². The Morgan fingerprint density at radius 3 is 2.38 bits per heavy atom. The minimum atomic E-state index is -1.45. The van der Waals surface area contributed by atoms with Crippen LogP contribution in [0.25, 0.3) is 0 Å². The zero-order chi connectivity index (χ0) is 18.1. The standard InChI is InChI=1S/C14H13Cl2N3O5/c1-2-24-9-5-3-8(4-6-9)18-12(20)13(21)19-17-7-10(15)11(16)14(22)23/h3-7H,2H2,1H3,(H,18,20)(H,19,21)(H,22,23). The van der Waals surface area contributed by atoms with Crippen LogP contribution in [-0.4, -0.2) is 35.7 Å². The molecule has 1 aromatic carbocycles. The third-order valence-corrected chi connectivity index (χ3v) is 3.12. The maximum Gasteiger partial charge on any atom is 0.348 e. The summed E-state index contributed by atoms with van der Waals surface area (Å²) in [5, 5.41) is 13.2. The topological polar surface area (TPSA) is 117 Å². The molecule has 3 N–H and O–H groups in total. The summed E-state index contributed by atoms with van der Waals surface area (Å²) < 4.78 is 5.24. The largest absolute Gasteiger partial charge is 0.494 e. The van der Waals surface area contributed by atoms with Crippen molar-refractivity contribution in [3.8, 4) is 5.75 Å². The van der Waals surface area contributed by atoms with E-state index >= 15 is 0 Å². The number of carboxylic acid groups (broad SMARTS) is 1. The first-order valence-electron chi connectivity index (χ1n) is 6.51. The number of hydrogen-bond acceptors (Lipinski definition) is 5. The molecule has 0 aromatic heterocycles. The Balaban J connectivity index is 2.58. The lowest BCUT2D eigenvalue weighted by molar-refractivity contribution is -0.136. The maximum absolute atomic E-state index is 11.6. The molecule has 0 spiro atoms. The predicted octanol–water partition coefficient (Wildman–Crippen LogP) is 1.90. The van der Waals surface area contributed by atoms with Gasteiger partial charge in [-0.2, -0.15) is 5.10 Å². The van der Waals surface area contributed by atoms with E-state index in [4.69, 9.17) is 33.0 Å². The van der Waals surface area contributed by atoms with Crippen LogP contribution in [0.15, 0.2) is 39.4 Å². The summed E-state index contributed by atoms with van der Waals surface area (Å²) in [6.07, 6.45) is 0.792. The number of hydrazone groups is 1. The van der Waals surface area contributed by atoms with Gasteiger partial charge in [0.25, 0.3) is 0 Å². The van der Waals surface area contributed by atoms with Crippen LogP contribution >= 0.6 is 23.2 Å². The van der Waals surface area contributed by atoms with E-state index in [1.807, 2.05) is 12.3 Å². The second-order valence-electron chi connectivity index (χ2n) is 4.08. The number of nitrogens with one attached hydrogen (secondary N) is 2. The highest BCUT2D eigenvalue weighted by Crippen LogP contribution is 2.15. The van der Waals surface area contributed by atoms with Gasteiger partial charge in [-0.3, -0.25) is 9.59 Å². The molecule has 24 heavy (non-hydrogen) atoms. The van der Waals surface area contributed by atoms with Gasteiger partial charge in [-0.05, 0) is 31.2 Å². The van der Waals surface area contributed by atoms with E-state index < -0.39 is 27.8 Å². The highest BCUT2D eigenvalue weighted by Gasteiger charge is 2.13. The van der Waals surface area contributed by atoms with Crippen LogP contribution in [0.4, 0.5) is 5.69 Å². The molecule has 128 valence electrons. The summed E-state index contributed by atoms with van der Waals surface area (Å²) in [5.74, 6) is -2.87. The quantitative estimate of drug-likeness (QED) is 0.304. The number of allylic oxidation sites excluding steroid dienone is 1. The van der Waals surface area contributed by atoms with E-state index in [0.717, 1.165) is 6.21 Å². The summed E-state index contributed by atoms with van der Waals surface area (Å²) in [4.78, 5) is 33.7. The number of rotatable bonds is 6. The van der Waals surface area contributed by atoms with Crippen LogP contribution in [0.3, 0.4) is 0 Å². The lowest BCUT2D eigenvalue weighted by Gasteiger charge is -2.06. The molecule has 0 aliphatic carbocycles. The fraction of sp³-hybridized carbons (Fsp3) is 0.143. The summed E-state index contributed by atoms with van der Waals surface area (Å²) in [7, 11) is 0. The molecule has 0 unspecified atom stereocenters. The van der Waals surface area contributed by atoms with Crippen LogP contribution in [0.5, 0.6) is 5.75 Å². The van der Waals surface area contributed by atoms with Gasteiger partial charge < -0.3 is 15.2 Å². The molecule has 0 saturated carbocycles. The Bertz CT molecular complexity index is 686. The molecule has 0 bridgehead atoms. The zero-order valence-electron chi connectivity index (χ0n) is 12.4. The third-order valence-electron chi connectivity index (χ3n) is 2.37. The van der Waals surface area contributed by atoms with Crippen LogP contribution in [0, 0.1) is 0 Å². The monoisotopic (exact) mass is 373 g/mol. The number of hydrogen-bond donors (Lipinski definition) is 3. The van der Waals surface area contributed by atoms with E-state index in [-0.39, 0.29) is 0 Å². The van der Waals surface area contributed by atoms with Gasteiger partial charge in [0.2, 0.25) is 0 Å². The Morgan fingerprint density at radius 1 is 1.21 bits per heavy atom. The SMILES string of the molecule is CCOc1ccc(NC(=O)C(=O)NN=CC(Cl)=C(Cl)C(=O)O)cc1. The summed E-state index contributed by atoms with van der Waals surface area (Å²) in [5.41, 5.74) is 2.27. The Labute approximate surface area is 147 Å². The van der Waals surface area contributed by atoms with Crippen molar-refractivity contribution in [2.24, 2.45) is 5.10 Å². The van der Waals surface area contributed by atoms with E-state index in [0.29, 0.717) is 18.0 Å². The lowest BCUT2D eigenvalue weighted by Crippen LogP contribution is -2.32. The molecular formula is C14H13Cl2N3O5. The molecular weight excluding hydrogens is 361 g/mol. The van der Waals surface area contributed by atoms with Crippen LogP contribution < -0.4 is 15.5 Å². The van der Waals surface area contributed by atoms with Gasteiger partial charge in [0, 0.05) is 5.69 Å². The Kier molecular flexibility index (Phi) is 7.73. The number of benzene rings is 1. The smallest absolute Gasteiger partial charge is 0.348 e. The normalized spacial score (nSPS) is 11.6. The first-order chi connectivity index (χ1) is 11.3. The molecule has 0 radical (unpaired) electrons. The first kappa shape index (κ1) is 19.5. The molecule has 2 amide bonds. The molecule has 0 heterocycles. The zero-order valence-corrected chi connectivity index (χ0v) is 13.9. The summed E-state index contributed by atoms with van der Waals surface area (Å²) in [6, 6.07) is 6.39. The maximum atomic E-state index is 11.6. The van der Waals surface area contributed by atoms with Crippen LogP contribution in [-0.2, 0) is 14.4 Å². The number of amides is 2. The van der Waals surface area contributed by atoms with Crippen molar-refractivity contribution in [2.45, 2.75) is 6.92 Å². The minimum Gasteiger partial charge on any atom is -0.494 e.